The molecule has 0 saturated heterocycles. The van der Waals surface area contributed by atoms with Crippen molar-refractivity contribution in [2.45, 2.75) is 45.1 Å². The average molecular weight is 461 g/mol. The number of aryl methyl sites for hydroxylation is 1. The zero-order valence-corrected chi connectivity index (χ0v) is 18.4. The van der Waals surface area contributed by atoms with Crippen molar-refractivity contribution < 1.29 is 14.8 Å². The molecule has 1 aliphatic rings. The number of hydrogen-bond acceptors (Lipinski definition) is 7. The van der Waals surface area contributed by atoms with Crippen LogP contribution in [0.2, 0.25) is 5.02 Å². The highest BCUT2D eigenvalue weighted by molar-refractivity contribution is 7.19. The highest BCUT2D eigenvalue weighted by Crippen LogP contribution is 2.41. The van der Waals surface area contributed by atoms with E-state index >= 15 is 0 Å². The van der Waals surface area contributed by atoms with Crippen molar-refractivity contribution in [1.82, 2.24) is 9.97 Å². The van der Waals surface area contributed by atoms with Crippen LogP contribution in [-0.4, -0.2) is 26.0 Å². The first-order valence-corrected chi connectivity index (χ1v) is 11.2. The lowest BCUT2D eigenvalue weighted by atomic mass is 9.81. The van der Waals surface area contributed by atoms with Crippen molar-refractivity contribution in [3.8, 4) is 0 Å². The maximum absolute atomic E-state index is 11.3. The number of aliphatic carboxylic acids is 1. The molecule has 1 aliphatic carbocycles. The number of hydrogen-bond donors (Lipinski definition) is 2. The van der Waals surface area contributed by atoms with E-state index in [9.17, 15) is 20.0 Å². The van der Waals surface area contributed by atoms with E-state index in [1.165, 1.54) is 23.5 Å². The second-order valence-electron chi connectivity index (χ2n) is 7.75. The minimum atomic E-state index is -0.741. The molecule has 0 atom stereocenters. The van der Waals surface area contributed by atoms with Gasteiger partial charge in [-0.25, -0.2) is 9.97 Å². The first-order chi connectivity index (χ1) is 14.8. The second kappa shape index (κ2) is 8.76. The van der Waals surface area contributed by atoms with E-state index in [0.717, 1.165) is 33.5 Å². The van der Waals surface area contributed by atoms with Gasteiger partial charge in [0.15, 0.2) is 0 Å². The van der Waals surface area contributed by atoms with Crippen molar-refractivity contribution in [2.24, 2.45) is 5.92 Å². The van der Waals surface area contributed by atoms with Crippen molar-refractivity contribution in [3.63, 3.8) is 0 Å². The third-order valence-electron chi connectivity index (χ3n) is 5.69. The van der Waals surface area contributed by atoms with E-state index in [4.69, 9.17) is 21.6 Å². The quantitative estimate of drug-likeness (QED) is 0.366. The van der Waals surface area contributed by atoms with Crippen molar-refractivity contribution in [3.05, 3.63) is 55.7 Å². The van der Waals surface area contributed by atoms with E-state index in [2.05, 4.69) is 5.32 Å². The fraction of sp³-hybridized carbons (Fsp3) is 0.381. The SMILES string of the molecule is Cc1sc2nc(C3CCC(C(=O)O)CC3)nc(NCc3cccc([N+](=O)[O-])c3)c2c1Cl. The molecule has 0 radical (unpaired) electrons. The third-order valence-corrected chi connectivity index (χ3v) is 7.28. The van der Waals surface area contributed by atoms with E-state index in [-0.39, 0.29) is 17.5 Å². The zero-order chi connectivity index (χ0) is 22.1. The van der Waals surface area contributed by atoms with Gasteiger partial charge in [-0.1, -0.05) is 23.7 Å². The van der Waals surface area contributed by atoms with Crippen LogP contribution in [0.1, 0.15) is 47.9 Å². The smallest absolute Gasteiger partial charge is 0.306 e. The van der Waals surface area contributed by atoms with Gasteiger partial charge in [-0.15, -0.1) is 11.3 Å². The summed E-state index contributed by atoms with van der Waals surface area (Å²) in [7, 11) is 0. The van der Waals surface area contributed by atoms with E-state index in [1.807, 2.05) is 13.0 Å². The number of fused-ring (bicyclic) bond motifs is 1. The first kappa shape index (κ1) is 21.5. The predicted octanol–water partition coefficient (Wildman–Crippen LogP) is 5.53. The molecule has 2 aromatic heterocycles. The van der Waals surface area contributed by atoms with Crippen molar-refractivity contribution in [1.29, 1.82) is 0 Å². The summed E-state index contributed by atoms with van der Waals surface area (Å²) < 4.78 is 0. The predicted molar refractivity (Wildman–Crippen MR) is 120 cm³/mol. The minimum Gasteiger partial charge on any atom is -0.481 e. The number of benzene rings is 1. The number of anilines is 1. The zero-order valence-electron chi connectivity index (χ0n) is 16.8. The summed E-state index contributed by atoms with van der Waals surface area (Å²) >= 11 is 8.02. The number of aromatic nitrogens is 2. The van der Waals surface area contributed by atoms with Gasteiger partial charge in [-0.05, 0) is 38.2 Å². The highest BCUT2D eigenvalue weighted by atomic mass is 35.5. The molecule has 162 valence electrons. The molecule has 0 unspecified atom stereocenters. The van der Waals surface area contributed by atoms with Gasteiger partial charge in [0.1, 0.15) is 16.5 Å². The van der Waals surface area contributed by atoms with Crippen LogP contribution in [0, 0.1) is 23.0 Å². The number of carboxylic acids is 1. The number of nitrogens with one attached hydrogen (secondary N) is 1. The van der Waals surface area contributed by atoms with Crippen LogP contribution in [0.25, 0.3) is 10.2 Å². The molecule has 0 aliphatic heterocycles. The van der Waals surface area contributed by atoms with Crippen LogP contribution in [0.4, 0.5) is 11.5 Å². The van der Waals surface area contributed by atoms with Gasteiger partial charge < -0.3 is 10.4 Å². The largest absolute Gasteiger partial charge is 0.481 e. The molecular formula is C21H21ClN4O4S. The molecule has 0 spiro atoms. The van der Waals surface area contributed by atoms with Crippen LogP contribution < -0.4 is 5.32 Å². The molecule has 2 N–H and O–H groups in total. The second-order valence-corrected chi connectivity index (χ2v) is 9.33. The summed E-state index contributed by atoms with van der Waals surface area (Å²) in [5.41, 5.74) is 0.792. The Morgan fingerprint density at radius 2 is 2.06 bits per heavy atom. The van der Waals surface area contributed by atoms with E-state index in [0.29, 0.717) is 36.1 Å². The number of carboxylic acid groups (broad SMARTS) is 1. The monoisotopic (exact) mass is 460 g/mol. The molecule has 0 bridgehead atoms. The van der Waals surface area contributed by atoms with Crippen LogP contribution in [0.3, 0.4) is 0 Å². The van der Waals surface area contributed by atoms with Crippen LogP contribution in [0.15, 0.2) is 24.3 Å². The average Bonchev–Trinajstić information content (AvgIpc) is 3.05. The van der Waals surface area contributed by atoms with Crippen LogP contribution in [0.5, 0.6) is 0 Å². The fourth-order valence-electron chi connectivity index (χ4n) is 3.97. The van der Waals surface area contributed by atoms with Gasteiger partial charge >= 0.3 is 5.97 Å². The standard InChI is InChI=1S/C21H21ClN4O4S/c1-11-17(22)16-19(23-10-12-3-2-4-15(9-12)26(29)30)24-18(25-20(16)31-11)13-5-7-14(8-6-13)21(27)28/h2-4,9,13-14H,5-8,10H2,1H3,(H,27,28)(H,23,24,25). The number of nitro groups is 1. The van der Waals surface area contributed by atoms with Gasteiger partial charge in [0, 0.05) is 29.5 Å². The topological polar surface area (TPSA) is 118 Å². The molecule has 10 heteroatoms. The van der Waals surface area contributed by atoms with Crippen LogP contribution >= 0.6 is 22.9 Å². The van der Waals surface area contributed by atoms with E-state index < -0.39 is 10.9 Å². The Morgan fingerprint density at radius 1 is 1.32 bits per heavy atom. The fourth-order valence-corrected chi connectivity index (χ4v) is 5.24. The Morgan fingerprint density at radius 3 is 2.74 bits per heavy atom. The maximum Gasteiger partial charge on any atom is 0.306 e. The lowest BCUT2D eigenvalue weighted by molar-refractivity contribution is -0.384. The lowest BCUT2D eigenvalue weighted by Gasteiger charge is -2.25. The summed E-state index contributed by atoms with van der Waals surface area (Å²) in [6.07, 6.45) is 2.68. The molecule has 3 aromatic rings. The van der Waals surface area contributed by atoms with Gasteiger partial charge in [-0.2, -0.15) is 0 Å². The number of non-ortho nitro benzene ring substituents is 1. The summed E-state index contributed by atoms with van der Waals surface area (Å²) in [6, 6.07) is 6.45. The molecule has 1 aromatic carbocycles. The van der Waals surface area contributed by atoms with Gasteiger partial charge in [0.05, 0.1) is 21.3 Å². The van der Waals surface area contributed by atoms with Gasteiger partial charge in [-0.3, -0.25) is 14.9 Å². The molecule has 1 fully saturated rings. The summed E-state index contributed by atoms with van der Waals surface area (Å²) in [5, 5.41) is 24.9. The molecule has 2 heterocycles. The summed E-state index contributed by atoms with van der Waals surface area (Å²) in [4.78, 5) is 33.1. The minimum absolute atomic E-state index is 0.0347. The number of nitro benzene ring substituents is 1. The maximum atomic E-state index is 11.3. The number of nitrogens with zero attached hydrogens (tertiary/aromatic N) is 3. The Bertz CT molecular complexity index is 1160. The first-order valence-electron chi connectivity index (χ1n) is 10.00. The Balaban J connectivity index is 1.63. The molecule has 31 heavy (non-hydrogen) atoms. The normalized spacial score (nSPS) is 18.8. The summed E-state index contributed by atoms with van der Waals surface area (Å²) in [6.45, 7) is 2.28. The molecule has 4 rings (SSSR count). The van der Waals surface area contributed by atoms with Gasteiger partial charge in [0.2, 0.25) is 0 Å². The molecule has 1 saturated carbocycles. The van der Waals surface area contributed by atoms with Crippen molar-refractivity contribution in [2.75, 3.05) is 5.32 Å². The number of halogens is 1. The van der Waals surface area contributed by atoms with Crippen molar-refractivity contribution >= 4 is 50.6 Å². The molecular weight excluding hydrogens is 440 g/mol. The van der Waals surface area contributed by atoms with Gasteiger partial charge in [0.25, 0.3) is 5.69 Å². The van der Waals surface area contributed by atoms with E-state index in [1.54, 1.807) is 6.07 Å². The molecule has 8 nitrogen and oxygen atoms in total. The lowest BCUT2D eigenvalue weighted by Crippen LogP contribution is -2.21. The number of thiophene rings is 1. The highest BCUT2D eigenvalue weighted by Gasteiger charge is 2.29. The van der Waals surface area contributed by atoms with Crippen LogP contribution in [-0.2, 0) is 11.3 Å². The number of rotatable bonds is 6. The Hall–Kier alpha value is -2.78. The Labute approximate surface area is 187 Å². The number of carbonyl (C=O) groups is 1. The summed E-state index contributed by atoms with van der Waals surface area (Å²) in [5.74, 6) is 0.344. The Kier molecular flexibility index (Phi) is 6.06. The molecule has 0 amide bonds. The third kappa shape index (κ3) is 4.47.